The van der Waals surface area contributed by atoms with Crippen molar-refractivity contribution in [2.75, 3.05) is 7.05 Å². The summed E-state index contributed by atoms with van der Waals surface area (Å²) in [6.07, 6.45) is 2.78. The van der Waals surface area contributed by atoms with E-state index in [1.165, 1.54) is 16.8 Å². The van der Waals surface area contributed by atoms with E-state index in [4.69, 9.17) is 4.42 Å². The number of aromatic nitrogens is 2. The van der Waals surface area contributed by atoms with E-state index in [1.807, 2.05) is 13.1 Å². The highest BCUT2D eigenvalue weighted by molar-refractivity contribution is 5.26. The molecule has 0 fully saturated rings. The third-order valence-corrected chi connectivity index (χ3v) is 3.38. The minimum Gasteiger partial charge on any atom is -0.468 e. The molecule has 2 heterocycles. The van der Waals surface area contributed by atoms with Crippen molar-refractivity contribution in [1.29, 1.82) is 0 Å². The lowest BCUT2D eigenvalue weighted by molar-refractivity contribution is 0.486. The predicted molar refractivity (Wildman–Crippen MR) is 71.7 cm³/mol. The molecule has 2 aromatic heterocycles. The molecular formula is C14H21N3O. The Bertz CT molecular complexity index is 525. The zero-order chi connectivity index (χ0) is 13.1. The lowest BCUT2D eigenvalue weighted by Crippen LogP contribution is -2.09. The molecule has 0 amide bonds. The molecule has 0 saturated carbocycles. The first-order valence-corrected chi connectivity index (χ1v) is 6.40. The molecule has 0 aliphatic rings. The first kappa shape index (κ1) is 12.9. The minimum absolute atomic E-state index is 0.752. The molecule has 4 nitrogen and oxygen atoms in total. The van der Waals surface area contributed by atoms with Gasteiger partial charge in [0.2, 0.25) is 0 Å². The van der Waals surface area contributed by atoms with Crippen LogP contribution in [0.15, 0.2) is 16.7 Å². The number of nitrogens with one attached hydrogen (secondary N) is 1. The summed E-state index contributed by atoms with van der Waals surface area (Å²) in [6, 6.07) is 2.02. The first-order chi connectivity index (χ1) is 8.67. The van der Waals surface area contributed by atoms with Gasteiger partial charge in [-0.15, -0.1) is 0 Å². The van der Waals surface area contributed by atoms with Crippen LogP contribution in [-0.4, -0.2) is 16.8 Å². The molecule has 98 valence electrons. The van der Waals surface area contributed by atoms with Crippen molar-refractivity contribution >= 4 is 0 Å². The number of nitrogens with zero attached hydrogens (tertiary/aromatic N) is 2. The van der Waals surface area contributed by atoms with Gasteiger partial charge in [0, 0.05) is 11.3 Å². The SMILES string of the molecule is CCc1c(C)nn(Cc2ccoc2CNC)c1C. The van der Waals surface area contributed by atoms with Crippen LogP contribution in [0.1, 0.15) is 35.2 Å². The maximum absolute atomic E-state index is 5.48. The van der Waals surface area contributed by atoms with Gasteiger partial charge in [0.05, 0.1) is 25.0 Å². The lowest BCUT2D eigenvalue weighted by Gasteiger charge is -2.05. The third-order valence-electron chi connectivity index (χ3n) is 3.38. The van der Waals surface area contributed by atoms with Crippen LogP contribution in [0, 0.1) is 13.8 Å². The molecule has 0 radical (unpaired) electrons. The molecule has 2 rings (SSSR count). The van der Waals surface area contributed by atoms with E-state index in [2.05, 4.69) is 35.9 Å². The Labute approximate surface area is 108 Å². The van der Waals surface area contributed by atoms with E-state index < -0.39 is 0 Å². The molecule has 0 aliphatic heterocycles. The van der Waals surface area contributed by atoms with Gasteiger partial charge in [-0.05, 0) is 38.9 Å². The largest absolute Gasteiger partial charge is 0.468 e. The highest BCUT2D eigenvalue weighted by Gasteiger charge is 2.12. The van der Waals surface area contributed by atoms with E-state index in [0.717, 1.165) is 31.0 Å². The van der Waals surface area contributed by atoms with Gasteiger partial charge in [-0.3, -0.25) is 4.68 Å². The third kappa shape index (κ3) is 2.34. The Hall–Kier alpha value is -1.55. The lowest BCUT2D eigenvalue weighted by atomic mass is 10.1. The summed E-state index contributed by atoms with van der Waals surface area (Å²) < 4.78 is 7.54. The minimum atomic E-state index is 0.752. The fourth-order valence-corrected chi connectivity index (χ4v) is 2.38. The topological polar surface area (TPSA) is 43.0 Å². The van der Waals surface area contributed by atoms with E-state index in [9.17, 15) is 0 Å². The number of hydrogen-bond donors (Lipinski definition) is 1. The average Bonchev–Trinajstić information content (AvgIpc) is 2.87. The average molecular weight is 247 g/mol. The van der Waals surface area contributed by atoms with E-state index in [-0.39, 0.29) is 0 Å². The Morgan fingerprint density at radius 2 is 2.17 bits per heavy atom. The summed E-state index contributed by atoms with van der Waals surface area (Å²) in [5.41, 5.74) is 4.94. The second kappa shape index (κ2) is 5.40. The molecule has 0 aliphatic carbocycles. The highest BCUT2D eigenvalue weighted by Crippen LogP contribution is 2.17. The standard InChI is InChI=1S/C14H21N3O/c1-5-13-10(2)16-17(11(13)3)9-12-6-7-18-14(12)8-15-4/h6-7,15H,5,8-9H2,1-4H3. The van der Waals surface area contributed by atoms with Crippen LogP contribution in [0.25, 0.3) is 0 Å². The zero-order valence-electron chi connectivity index (χ0n) is 11.6. The van der Waals surface area contributed by atoms with Crippen LogP contribution in [0.4, 0.5) is 0 Å². The van der Waals surface area contributed by atoms with Crippen LogP contribution >= 0.6 is 0 Å². The van der Waals surface area contributed by atoms with Gasteiger partial charge < -0.3 is 9.73 Å². The molecule has 4 heteroatoms. The van der Waals surface area contributed by atoms with Crippen molar-refractivity contribution in [1.82, 2.24) is 15.1 Å². The van der Waals surface area contributed by atoms with E-state index >= 15 is 0 Å². The van der Waals surface area contributed by atoms with Crippen LogP contribution in [0.5, 0.6) is 0 Å². The Kier molecular flexibility index (Phi) is 3.87. The summed E-state index contributed by atoms with van der Waals surface area (Å²) in [5.74, 6) is 0.989. The van der Waals surface area contributed by atoms with Crippen LogP contribution in [0.2, 0.25) is 0 Å². The summed E-state index contributed by atoms with van der Waals surface area (Å²) in [6.45, 7) is 7.91. The molecule has 0 unspecified atom stereocenters. The Morgan fingerprint density at radius 1 is 1.39 bits per heavy atom. The van der Waals surface area contributed by atoms with E-state index in [1.54, 1.807) is 6.26 Å². The van der Waals surface area contributed by atoms with Gasteiger partial charge in [0.15, 0.2) is 0 Å². The molecule has 0 spiro atoms. The fraction of sp³-hybridized carbons (Fsp3) is 0.500. The maximum atomic E-state index is 5.48. The van der Waals surface area contributed by atoms with Crippen molar-refractivity contribution in [2.45, 2.75) is 40.3 Å². The molecule has 0 bridgehead atoms. The number of rotatable bonds is 5. The smallest absolute Gasteiger partial charge is 0.122 e. The van der Waals surface area contributed by atoms with Crippen molar-refractivity contribution in [3.8, 4) is 0 Å². The molecule has 0 saturated heterocycles. The highest BCUT2D eigenvalue weighted by atomic mass is 16.3. The van der Waals surface area contributed by atoms with Gasteiger partial charge in [-0.25, -0.2) is 0 Å². The van der Waals surface area contributed by atoms with Gasteiger partial charge in [0.25, 0.3) is 0 Å². The van der Waals surface area contributed by atoms with Gasteiger partial charge in [-0.2, -0.15) is 5.10 Å². The van der Waals surface area contributed by atoms with Crippen LogP contribution in [-0.2, 0) is 19.5 Å². The normalized spacial score (nSPS) is 11.1. The quantitative estimate of drug-likeness (QED) is 0.882. The van der Waals surface area contributed by atoms with Gasteiger partial charge in [0.1, 0.15) is 5.76 Å². The number of hydrogen-bond acceptors (Lipinski definition) is 3. The van der Waals surface area contributed by atoms with Crippen molar-refractivity contribution < 1.29 is 4.42 Å². The first-order valence-electron chi connectivity index (χ1n) is 6.40. The van der Waals surface area contributed by atoms with Gasteiger partial charge >= 0.3 is 0 Å². The monoisotopic (exact) mass is 247 g/mol. The van der Waals surface area contributed by atoms with Crippen molar-refractivity contribution in [3.63, 3.8) is 0 Å². The maximum Gasteiger partial charge on any atom is 0.122 e. The molecular weight excluding hydrogens is 226 g/mol. The van der Waals surface area contributed by atoms with Crippen molar-refractivity contribution in [2.24, 2.45) is 0 Å². The Morgan fingerprint density at radius 3 is 2.78 bits per heavy atom. The van der Waals surface area contributed by atoms with E-state index in [0.29, 0.717) is 0 Å². The number of furan rings is 1. The molecule has 1 N–H and O–H groups in total. The van der Waals surface area contributed by atoms with Gasteiger partial charge in [-0.1, -0.05) is 6.92 Å². The summed E-state index contributed by atoms with van der Waals surface area (Å²) in [7, 11) is 1.92. The summed E-state index contributed by atoms with van der Waals surface area (Å²) in [4.78, 5) is 0. The summed E-state index contributed by atoms with van der Waals surface area (Å²) >= 11 is 0. The molecule has 0 atom stereocenters. The van der Waals surface area contributed by atoms with Crippen molar-refractivity contribution in [3.05, 3.63) is 40.6 Å². The Balaban J connectivity index is 2.26. The summed E-state index contributed by atoms with van der Waals surface area (Å²) in [5, 5.41) is 7.73. The second-order valence-corrected chi connectivity index (χ2v) is 4.56. The van der Waals surface area contributed by atoms with Crippen LogP contribution < -0.4 is 5.32 Å². The molecule has 18 heavy (non-hydrogen) atoms. The molecule has 0 aromatic carbocycles. The molecule has 2 aromatic rings. The zero-order valence-corrected chi connectivity index (χ0v) is 11.6. The second-order valence-electron chi connectivity index (χ2n) is 4.56. The van der Waals surface area contributed by atoms with Crippen LogP contribution in [0.3, 0.4) is 0 Å². The predicted octanol–water partition coefficient (Wildman–Crippen LogP) is 2.42. The number of aryl methyl sites for hydroxylation is 1. The fourth-order valence-electron chi connectivity index (χ4n) is 2.38.